The van der Waals surface area contributed by atoms with Crippen molar-refractivity contribution in [3.05, 3.63) is 29.8 Å². The third-order valence-electron chi connectivity index (χ3n) is 3.99. The zero-order chi connectivity index (χ0) is 14.5. The number of phenols is 1. The van der Waals surface area contributed by atoms with Crippen LogP contribution in [0.25, 0.3) is 0 Å². The topological polar surface area (TPSA) is 41.5 Å². The van der Waals surface area contributed by atoms with Gasteiger partial charge in [-0.3, -0.25) is 0 Å². The molecule has 1 aromatic carbocycles. The molecule has 1 aromatic rings. The average molecular weight is 277 g/mol. The van der Waals surface area contributed by atoms with E-state index in [2.05, 4.69) is 32.2 Å². The Labute approximate surface area is 122 Å². The van der Waals surface area contributed by atoms with Crippen molar-refractivity contribution in [2.45, 2.75) is 70.7 Å². The maximum Gasteiger partial charge on any atom is 0.115 e. The summed E-state index contributed by atoms with van der Waals surface area (Å²) in [4.78, 5) is 0. The molecule has 2 rings (SSSR count). The lowest BCUT2D eigenvalue weighted by Gasteiger charge is -2.32. The van der Waals surface area contributed by atoms with Crippen molar-refractivity contribution < 1.29 is 9.84 Å². The fourth-order valence-electron chi connectivity index (χ4n) is 2.99. The third kappa shape index (κ3) is 4.50. The number of phenolic OH excluding ortho intramolecular Hbond substituents is 1. The van der Waals surface area contributed by atoms with Crippen LogP contribution in [-0.4, -0.2) is 23.4 Å². The first-order valence-corrected chi connectivity index (χ1v) is 7.75. The molecule has 0 saturated heterocycles. The molecule has 2 N–H and O–H groups in total. The van der Waals surface area contributed by atoms with Gasteiger partial charge in [0.15, 0.2) is 0 Å². The summed E-state index contributed by atoms with van der Waals surface area (Å²) in [6.07, 6.45) is 5.38. The van der Waals surface area contributed by atoms with E-state index in [1.807, 2.05) is 12.1 Å². The largest absolute Gasteiger partial charge is 0.508 e. The van der Waals surface area contributed by atoms with E-state index in [0.29, 0.717) is 24.0 Å². The van der Waals surface area contributed by atoms with E-state index in [9.17, 15) is 5.11 Å². The van der Waals surface area contributed by atoms with Crippen LogP contribution in [0.5, 0.6) is 5.75 Å². The monoisotopic (exact) mass is 277 g/mol. The zero-order valence-electron chi connectivity index (χ0n) is 12.8. The molecule has 0 unspecified atom stereocenters. The van der Waals surface area contributed by atoms with Gasteiger partial charge in [0.05, 0.1) is 12.2 Å². The molecule has 0 aliphatic heterocycles. The highest BCUT2D eigenvalue weighted by molar-refractivity contribution is 5.29. The molecule has 1 aliphatic rings. The number of nitrogens with one attached hydrogen (secondary N) is 1. The summed E-state index contributed by atoms with van der Waals surface area (Å²) < 4.78 is 5.88. The van der Waals surface area contributed by atoms with E-state index in [1.54, 1.807) is 6.07 Å². The highest BCUT2D eigenvalue weighted by atomic mass is 16.5. The molecule has 0 amide bonds. The van der Waals surface area contributed by atoms with Crippen LogP contribution in [0.1, 0.15) is 58.1 Å². The lowest BCUT2D eigenvalue weighted by molar-refractivity contribution is -0.0166. The summed E-state index contributed by atoms with van der Waals surface area (Å²) in [5, 5.41) is 13.2. The quantitative estimate of drug-likeness (QED) is 0.860. The lowest BCUT2D eigenvalue weighted by atomic mass is 9.92. The summed E-state index contributed by atoms with van der Waals surface area (Å²) in [5.74, 6) is 0.338. The van der Waals surface area contributed by atoms with Crippen molar-refractivity contribution in [2.75, 3.05) is 0 Å². The summed E-state index contributed by atoms with van der Waals surface area (Å²) in [6, 6.07) is 8.34. The molecule has 1 saturated carbocycles. The highest BCUT2D eigenvalue weighted by Crippen LogP contribution is 2.25. The van der Waals surface area contributed by atoms with Crippen LogP contribution >= 0.6 is 0 Å². The molecular formula is C17H27NO2. The number of hydrogen-bond acceptors (Lipinski definition) is 3. The standard InChI is InChI=1S/C17H27NO2/c1-12(2)20-17-9-7-15(8-10-17)18-13(3)14-5-4-6-16(19)11-14/h4-6,11-13,15,17-19H,7-10H2,1-3H3/t13-,15?,17?/m1/s1. The Morgan fingerprint density at radius 3 is 2.45 bits per heavy atom. The van der Waals surface area contributed by atoms with Crippen LogP contribution in [0.15, 0.2) is 24.3 Å². The van der Waals surface area contributed by atoms with Crippen molar-refractivity contribution >= 4 is 0 Å². The molecule has 0 heterocycles. The molecule has 0 radical (unpaired) electrons. The van der Waals surface area contributed by atoms with Gasteiger partial charge in [0, 0.05) is 12.1 Å². The van der Waals surface area contributed by atoms with Gasteiger partial charge in [-0.1, -0.05) is 12.1 Å². The van der Waals surface area contributed by atoms with Crippen LogP contribution in [-0.2, 0) is 4.74 Å². The van der Waals surface area contributed by atoms with Crippen LogP contribution in [0, 0.1) is 0 Å². The van der Waals surface area contributed by atoms with E-state index >= 15 is 0 Å². The Morgan fingerprint density at radius 2 is 1.85 bits per heavy atom. The Bertz CT molecular complexity index is 411. The van der Waals surface area contributed by atoms with Crippen molar-refractivity contribution in [2.24, 2.45) is 0 Å². The maximum atomic E-state index is 9.54. The maximum absolute atomic E-state index is 9.54. The van der Waals surface area contributed by atoms with Gasteiger partial charge >= 0.3 is 0 Å². The third-order valence-corrected chi connectivity index (χ3v) is 3.99. The van der Waals surface area contributed by atoms with E-state index in [1.165, 1.54) is 12.8 Å². The lowest BCUT2D eigenvalue weighted by Crippen LogP contribution is -2.37. The molecule has 1 aliphatic carbocycles. The minimum atomic E-state index is 0.273. The van der Waals surface area contributed by atoms with E-state index in [0.717, 1.165) is 18.4 Å². The second-order valence-electron chi connectivity index (χ2n) is 6.14. The molecule has 3 nitrogen and oxygen atoms in total. The number of hydrogen-bond donors (Lipinski definition) is 2. The number of benzene rings is 1. The van der Waals surface area contributed by atoms with Crippen LogP contribution in [0.2, 0.25) is 0 Å². The first kappa shape index (κ1) is 15.3. The SMILES string of the molecule is CC(C)OC1CCC(N[C@H](C)c2cccc(O)c2)CC1. The van der Waals surface area contributed by atoms with E-state index in [-0.39, 0.29) is 6.04 Å². The molecule has 0 spiro atoms. The van der Waals surface area contributed by atoms with Crippen LogP contribution < -0.4 is 5.32 Å². The fourth-order valence-corrected chi connectivity index (χ4v) is 2.99. The summed E-state index contributed by atoms with van der Waals surface area (Å²) in [6.45, 7) is 6.37. The average Bonchev–Trinajstić information content (AvgIpc) is 2.40. The number of aromatic hydroxyl groups is 1. The highest BCUT2D eigenvalue weighted by Gasteiger charge is 2.23. The molecule has 112 valence electrons. The van der Waals surface area contributed by atoms with Crippen molar-refractivity contribution in [3.63, 3.8) is 0 Å². The molecule has 20 heavy (non-hydrogen) atoms. The molecule has 0 aromatic heterocycles. The second kappa shape index (κ2) is 7.09. The van der Waals surface area contributed by atoms with Gasteiger partial charge in [-0.05, 0) is 64.2 Å². The van der Waals surface area contributed by atoms with Gasteiger partial charge in [0.2, 0.25) is 0 Å². The normalized spacial score (nSPS) is 24.8. The van der Waals surface area contributed by atoms with Crippen LogP contribution in [0.4, 0.5) is 0 Å². The van der Waals surface area contributed by atoms with Gasteiger partial charge in [-0.15, -0.1) is 0 Å². The Balaban J connectivity index is 1.80. The first-order valence-electron chi connectivity index (χ1n) is 7.75. The number of rotatable bonds is 5. The van der Waals surface area contributed by atoms with Gasteiger partial charge < -0.3 is 15.2 Å². The van der Waals surface area contributed by atoms with Crippen molar-refractivity contribution in [3.8, 4) is 5.75 Å². The van der Waals surface area contributed by atoms with Crippen molar-refractivity contribution in [1.29, 1.82) is 0 Å². The van der Waals surface area contributed by atoms with E-state index < -0.39 is 0 Å². The Morgan fingerprint density at radius 1 is 1.15 bits per heavy atom. The Kier molecular flexibility index (Phi) is 5.44. The summed E-state index contributed by atoms with van der Waals surface area (Å²) >= 11 is 0. The molecule has 0 bridgehead atoms. The van der Waals surface area contributed by atoms with Crippen LogP contribution in [0.3, 0.4) is 0 Å². The second-order valence-corrected chi connectivity index (χ2v) is 6.14. The minimum absolute atomic E-state index is 0.273. The van der Waals surface area contributed by atoms with E-state index in [4.69, 9.17) is 4.74 Å². The zero-order valence-corrected chi connectivity index (χ0v) is 12.8. The summed E-state index contributed by atoms with van der Waals surface area (Å²) in [5.41, 5.74) is 1.14. The minimum Gasteiger partial charge on any atom is -0.508 e. The fraction of sp³-hybridized carbons (Fsp3) is 0.647. The predicted molar refractivity (Wildman–Crippen MR) is 81.9 cm³/mol. The molecular weight excluding hydrogens is 250 g/mol. The number of ether oxygens (including phenoxy) is 1. The van der Waals surface area contributed by atoms with Gasteiger partial charge in [-0.2, -0.15) is 0 Å². The van der Waals surface area contributed by atoms with Crippen molar-refractivity contribution in [1.82, 2.24) is 5.32 Å². The van der Waals surface area contributed by atoms with Gasteiger partial charge in [-0.25, -0.2) is 0 Å². The smallest absolute Gasteiger partial charge is 0.115 e. The molecule has 1 atom stereocenters. The molecule has 1 fully saturated rings. The Hall–Kier alpha value is -1.06. The van der Waals surface area contributed by atoms with Gasteiger partial charge in [0.25, 0.3) is 0 Å². The molecule has 3 heteroatoms. The predicted octanol–water partition coefficient (Wildman–Crippen LogP) is 3.78. The summed E-state index contributed by atoms with van der Waals surface area (Å²) in [7, 11) is 0. The van der Waals surface area contributed by atoms with Gasteiger partial charge in [0.1, 0.15) is 5.75 Å². The first-order chi connectivity index (χ1) is 9.54.